The average Bonchev–Trinajstić information content (AvgIpc) is 2.95. The fraction of sp³-hybridized carbons (Fsp3) is 0.385. The normalized spacial score (nSPS) is 17.0. The Bertz CT molecular complexity index is 721. The van der Waals surface area contributed by atoms with Crippen LogP contribution in [0.25, 0.3) is 10.2 Å². The maximum Gasteiger partial charge on any atom is 0.274 e. The van der Waals surface area contributed by atoms with Gasteiger partial charge >= 0.3 is 0 Å². The van der Waals surface area contributed by atoms with Crippen molar-refractivity contribution in [2.75, 3.05) is 6.61 Å². The van der Waals surface area contributed by atoms with E-state index in [4.69, 9.17) is 4.74 Å². The Morgan fingerprint density at radius 2 is 2.30 bits per heavy atom. The van der Waals surface area contributed by atoms with Gasteiger partial charge in [0.15, 0.2) is 5.90 Å². The SMILES string of the molecule is CC1(C)COC(Cc2c([N+](=O)[O-])ccc3ncsc23)=N1. The first-order valence-corrected chi connectivity index (χ1v) is 7.05. The lowest BCUT2D eigenvalue weighted by molar-refractivity contribution is -0.385. The maximum atomic E-state index is 11.2. The van der Waals surface area contributed by atoms with E-state index in [1.165, 1.54) is 17.4 Å². The third-order valence-electron chi connectivity index (χ3n) is 3.12. The number of fused-ring (bicyclic) bond motifs is 1. The molecular weight excluding hydrogens is 278 g/mol. The molecule has 0 spiro atoms. The van der Waals surface area contributed by atoms with Crippen LogP contribution in [0.4, 0.5) is 5.69 Å². The summed E-state index contributed by atoms with van der Waals surface area (Å²) in [6.07, 6.45) is 0.333. The van der Waals surface area contributed by atoms with Crippen LogP contribution in [-0.4, -0.2) is 28.0 Å². The lowest BCUT2D eigenvalue weighted by Gasteiger charge is -2.07. The monoisotopic (exact) mass is 291 g/mol. The molecule has 6 nitrogen and oxygen atoms in total. The van der Waals surface area contributed by atoms with E-state index >= 15 is 0 Å². The Balaban J connectivity index is 2.07. The standard InChI is InChI=1S/C13H13N3O3S/c1-13(2)6-19-11(15-13)5-8-10(16(17)18)4-3-9-12(8)20-7-14-9/h3-4,7H,5-6H2,1-2H3. The molecule has 2 aromatic rings. The summed E-state index contributed by atoms with van der Waals surface area (Å²) in [6, 6.07) is 3.17. The smallest absolute Gasteiger partial charge is 0.274 e. The summed E-state index contributed by atoms with van der Waals surface area (Å²) in [5.41, 5.74) is 2.93. The first-order valence-electron chi connectivity index (χ1n) is 6.17. The summed E-state index contributed by atoms with van der Waals surface area (Å²) in [7, 11) is 0. The van der Waals surface area contributed by atoms with Crippen LogP contribution in [0.2, 0.25) is 0 Å². The number of nitro benzene ring substituents is 1. The summed E-state index contributed by atoms with van der Waals surface area (Å²) < 4.78 is 6.37. The lowest BCUT2D eigenvalue weighted by atomic mass is 10.1. The molecule has 1 aromatic heterocycles. The Morgan fingerprint density at radius 1 is 1.50 bits per heavy atom. The Labute approximate surface area is 119 Å². The van der Waals surface area contributed by atoms with E-state index in [0.29, 0.717) is 24.5 Å². The van der Waals surface area contributed by atoms with Crippen molar-refractivity contribution in [2.45, 2.75) is 25.8 Å². The molecule has 0 N–H and O–H groups in total. The molecule has 1 aromatic carbocycles. The quantitative estimate of drug-likeness (QED) is 0.643. The molecular formula is C13H13N3O3S. The number of nitro groups is 1. The first kappa shape index (κ1) is 13.0. The van der Waals surface area contributed by atoms with Crippen molar-refractivity contribution in [3.05, 3.63) is 33.3 Å². The second-order valence-corrected chi connectivity index (χ2v) is 6.16. The van der Waals surface area contributed by atoms with Gasteiger partial charge in [-0.15, -0.1) is 11.3 Å². The molecule has 0 atom stereocenters. The summed E-state index contributed by atoms with van der Waals surface area (Å²) >= 11 is 1.40. The van der Waals surface area contributed by atoms with E-state index in [0.717, 1.165) is 10.2 Å². The minimum atomic E-state index is -0.366. The van der Waals surface area contributed by atoms with Crippen molar-refractivity contribution in [3.8, 4) is 0 Å². The van der Waals surface area contributed by atoms with Gasteiger partial charge in [-0.1, -0.05) is 0 Å². The van der Waals surface area contributed by atoms with Gasteiger partial charge in [0.1, 0.15) is 6.61 Å². The van der Waals surface area contributed by atoms with Crippen LogP contribution in [-0.2, 0) is 11.2 Å². The van der Waals surface area contributed by atoms with Gasteiger partial charge in [0.25, 0.3) is 5.69 Å². The molecule has 104 valence electrons. The second-order valence-electron chi connectivity index (χ2n) is 5.30. The lowest BCUT2D eigenvalue weighted by Crippen LogP contribution is -2.17. The third-order valence-corrected chi connectivity index (χ3v) is 4.02. The number of nitrogens with zero attached hydrogens (tertiary/aromatic N) is 3. The van der Waals surface area contributed by atoms with Gasteiger partial charge in [-0.05, 0) is 19.9 Å². The van der Waals surface area contributed by atoms with Crippen LogP contribution in [0.3, 0.4) is 0 Å². The van der Waals surface area contributed by atoms with Crippen molar-refractivity contribution in [2.24, 2.45) is 4.99 Å². The number of aromatic nitrogens is 1. The summed E-state index contributed by atoms with van der Waals surface area (Å²) in [6.45, 7) is 4.46. The van der Waals surface area contributed by atoms with Crippen LogP contribution < -0.4 is 0 Å². The molecule has 0 unspecified atom stereocenters. The van der Waals surface area contributed by atoms with Crippen molar-refractivity contribution < 1.29 is 9.66 Å². The minimum Gasteiger partial charge on any atom is -0.478 e. The number of rotatable bonds is 3. The summed E-state index contributed by atoms with van der Waals surface area (Å²) in [5.74, 6) is 0.555. The topological polar surface area (TPSA) is 77.6 Å². The van der Waals surface area contributed by atoms with Gasteiger partial charge in [0, 0.05) is 6.07 Å². The van der Waals surface area contributed by atoms with Crippen LogP contribution in [0, 0.1) is 10.1 Å². The van der Waals surface area contributed by atoms with Crippen molar-refractivity contribution >= 4 is 33.1 Å². The van der Waals surface area contributed by atoms with Crippen molar-refractivity contribution in [1.29, 1.82) is 0 Å². The minimum absolute atomic E-state index is 0.0951. The van der Waals surface area contributed by atoms with E-state index in [1.807, 2.05) is 13.8 Å². The zero-order valence-electron chi connectivity index (χ0n) is 11.1. The molecule has 0 radical (unpaired) electrons. The predicted octanol–water partition coefficient (Wildman–Crippen LogP) is 2.95. The third kappa shape index (κ3) is 2.24. The first-order chi connectivity index (χ1) is 9.46. The molecule has 2 heterocycles. The maximum absolute atomic E-state index is 11.2. The zero-order valence-corrected chi connectivity index (χ0v) is 11.9. The van der Waals surface area contributed by atoms with Gasteiger partial charge in [0.2, 0.25) is 0 Å². The number of benzene rings is 1. The van der Waals surface area contributed by atoms with Gasteiger partial charge in [-0.3, -0.25) is 10.1 Å². The highest BCUT2D eigenvalue weighted by Crippen LogP contribution is 2.32. The van der Waals surface area contributed by atoms with E-state index in [2.05, 4.69) is 9.98 Å². The van der Waals surface area contributed by atoms with Crippen molar-refractivity contribution in [1.82, 2.24) is 4.98 Å². The second kappa shape index (κ2) is 4.52. The number of hydrogen-bond acceptors (Lipinski definition) is 6. The molecule has 7 heteroatoms. The fourth-order valence-electron chi connectivity index (χ4n) is 2.22. The molecule has 1 aliphatic heterocycles. The van der Waals surface area contributed by atoms with Crippen LogP contribution >= 0.6 is 11.3 Å². The molecule has 0 amide bonds. The van der Waals surface area contributed by atoms with Gasteiger partial charge in [-0.25, -0.2) is 9.98 Å². The number of aliphatic imine (C=N–C) groups is 1. The van der Waals surface area contributed by atoms with E-state index in [1.54, 1.807) is 11.6 Å². The number of ether oxygens (including phenoxy) is 1. The van der Waals surface area contributed by atoms with Gasteiger partial charge in [0.05, 0.1) is 38.2 Å². The van der Waals surface area contributed by atoms with E-state index in [9.17, 15) is 10.1 Å². The fourth-order valence-corrected chi connectivity index (χ4v) is 3.05. The van der Waals surface area contributed by atoms with Gasteiger partial charge < -0.3 is 4.74 Å². The molecule has 1 aliphatic rings. The van der Waals surface area contributed by atoms with Crippen LogP contribution in [0.1, 0.15) is 19.4 Å². The molecule has 3 rings (SSSR count). The molecule has 0 bridgehead atoms. The highest BCUT2D eigenvalue weighted by atomic mass is 32.1. The Morgan fingerprint density at radius 3 is 2.95 bits per heavy atom. The molecule has 0 saturated heterocycles. The largest absolute Gasteiger partial charge is 0.478 e. The molecule has 20 heavy (non-hydrogen) atoms. The van der Waals surface area contributed by atoms with E-state index in [-0.39, 0.29) is 16.1 Å². The van der Waals surface area contributed by atoms with Gasteiger partial charge in [-0.2, -0.15) is 0 Å². The molecule has 0 saturated carbocycles. The van der Waals surface area contributed by atoms with E-state index < -0.39 is 0 Å². The molecule has 0 fully saturated rings. The molecule has 0 aliphatic carbocycles. The Hall–Kier alpha value is -2.02. The average molecular weight is 291 g/mol. The van der Waals surface area contributed by atoms with Crippen molar-refractivity contribution in [3.63, 3.8) is 0 Å². The number of thiazole rings is 1. The highest BCUT2D eigenvalue weighted by Gasteiger charge is 2.28. The predicted molar refractivity (Wildman–Crippen MR) is 77.4 cm³/mol. The van der Waals surface area contributed by atoms with Crippen LogP contribution in [0.15, 0.2) is 22.6 Å². The summed E-state index contributed by atoms with van der Waals surface area (Å²) in [5, 5.41) is 11.2. The summed E-state index contributed by atoms with van der Waals surface area (Å²) in [4.78, 5) is 19.5. The van der Waals surface area contributed by atoms with Crippen LogP contribution in [0.5, 0.6) is 0 Å². The highest BCUT2D eigenvalue weighted by molar-refractivity contribution is 7.17. The Kier molecular flexibility index (Phi) is 2.93. The zero-order chi connectivity index (χ0) is 14.3. The number of hydrogen-bond donors (Lipinski definition) is 0.